The number of rotatable bonds is 19. The fourth-order valence-corrected chi connectivity index (χ4v) is 22.8. The molecule has 0 aliphatic heterocycles. The zero-order valence-corrected chi connectivity index (χ0v) is 27.9. The molecule has 0 fully saturated rings. The molecule has 0 bridgehead atoms. The summed E-state index contributed by atoms with van der Waals surface area (Å²) in [6, 6.07) is 4.72. The van der Waals surface area contributed by atoms with Crippen LogP contribution in [0.5, 0.6) is 0 Å². The standard InChI is InChI=1S/C25H57NO3Si4.5CH4/c1-12-15-21-30(4,5)28-32(8,9)23-17-19-26(25(27)14-3)20-18-24-33(10,11)29-31(6,7)22-16-13-2;;;;;/h14H,3,12-13,15-24H2,1-2,4-11H3;5*1H4. The Bertz CT molecular complexity index is 542. The van der Waals surface area contributed by atoms with Gasteiger partial charge in [0, 0.05) is 13.1 Å². The van der Waals surface area contributed by atoms with Crippen LogP contribution in [0.2, 0.25) is 76.6 Å². The monoisotopic (exact) mass is 611 g/mol. The summed E-state index contributed by atoms with van der Waals surface area (Å²) < 4.78 is 13.5. The number of hydrogen-bond acceptors (Lipinski definition) is 3. The summed E-state index contributed by atoms with van der Waals surface area (Å²) in [7, 11) is -6.57. The van der Waals surface area contributed by atoms with Gasteiger partial charge in [0.1, 0.15) is 0 Å². The van der Waals surface area contributed by atoms with Gasteiger partial charge in [0.2, 0.25) is 5.91 Å². The summed E-state index contributed by atoms with van der Waals surface area (Å²) in [5, 5.41) is 0. The first-order valence-electron chi connectivity index (χ1n) is 13.4. The Hall–Kier alpha value is -0.00247. The molecule has 0 rings (SSSR count). The van der Waals surface area contributed by atoms with Crippen molar-refractivity contribution in [1.82, 2.24) is 4.90 Å². The third-order valence-electron chi connectivity index (χ3n) is 6.27. The minimum atomic E-state index is -1.71. The number of nitrogens with zero attached hydrogens (tertiary/aromatic N) is 1. The summed E-state index contributed by atoms with van der Waals surface area (Å²) >= 11 is 0. The molecule has 0 aliphatic carbocycles. The van der Waals surface area contributed by atoms with Gasteiger partial charge in [-0.25, -0.2) is 0 Å². The molecule has 0 radical (unpaired) electrons. The number of carbonyl (C=O) groups is 1. The molecule has 236 valence electrons. The van der Waals surface area contributed by atoms with Crippen molar-refractivity contribution in [3.05, 3.63) is 12.7 Å². The largest absolute Gasteiger partial charge is 0.455 e. The molecule has 0 N–H and O–H groups in total. The molecule has 0 heterocycles. The lowest BCUT2D eigenvalue weighted by molar-refractivity contribution is -0.126. The van der Waals surface area contributed by atoms with E-state index >= 15 is 0 Å². The Morgan fingerprint density at radius 1 is 0.605 bits per heavy atom. The van der Waals surface area contributed by atoms with Crippen LogP contribution < -0.4 is 0 Å². The topological polar surface area (TPSA) is 38.8 Å². The Kier molecular flexibility index (Phi) is 31.7. The van der Waals surface area contributed by atoms with Crippen LogP contribution in [0.3, 0.4) is 0 Å². The normalized spacial score (nSPS) is 11.5. The van der Waals surface area contributed by atoms with Gasteiger partial charge in [-0.2, -0.15) is 0 Å². The fraction of sp³-hybridized carbons (Fsp3) is 0.900. The van der Waals surface area contributed by atoms with Crippen molar-refractivity contribution in [3.8, 4) is 0 Å². The van der Waals surface area contributed by atoms with Crippen molar-refractivity contribution in [2.24, 2.45) is 0 Å². The average molecular weight is 612 g/mol. The Morgan fingerprint density at radius 2 is 0.868 bits per heavy atom. The summed E-state index contributed by atoms with van der Waals surface area (Å²) in [4.78, 5) is 14.5. The Labute approximate surface area is 248 Å². The predicted molar refractivity (Wildman–Crippen MR) is 191 cm³/mol. The number of carbonyl (C=O) groups excluding carboxylic acids is 1. The average Bonchev–Trinajstić information content (AvgIpc) is 2.67. The molecular formula is C30H77NO3Si4. The molecule has 0 aliphatic rings. The van der Waals surface area contributed by atoms with Gasteiger partial charge in [-0.15, -0.1) is 0 Å². The van der Waals surface area contributed by atoms with E-state index in [0.717, 1.165) is 38.0 Å². The maximum atomic E-state index is 12.5. The minimum absolute atomic E-state index is 0. The molecule has 0 aromatic carbocycles. The summed E-state index contributed by atoms with van der Waals surface area (Å²) in [6.07, 6.45) is 8.53. The van der Waals surface area contributed by atoms with Crippen LogP contribution in [0.4, 0.5) is 0 Å². The van der Waals surface area contributed by atoms with Gasteiger partial charge >= 0.3 is 0 Å². The van der Waals surface area contributed by atoms with E-state index in [2.05, 4.69) is 72.8 Å². The first-order chi connectivity index (χ1) is 15.1. The van der Waals surface area contributed by atoms with Crippen molar-refractivity contribution in [2.75, 3.05) is 13.1 Å². The van der Waals surface area contributed by atoms with Gasteiger partial charge in [-0.1, -0.05) is 83.2 Å². The van der Waals surface area contributed by atoms with Crippen LogP contribution in [0.25, 0.3) is 0 Å². The minimum Gasteiger partial charge on any atom is -0.455 e. The maximum Gasteiger partial charge on any atom is 0.245 e. The Morgan fingerprint density at radius 3 is 1.11 bits per heavy atom. The molecule has 38 heavy (non-hydrogen) atoms. The van der Waals surface area contributed by atoms with Gasteiger partial charge in [0.25, 0.3) is 0 Å². The van der Waals surface area contributed by atoms with Crippen LogP contribution in [-0.2, 0) is 13.0 Å². The summed E-state index contributed by atoms with van der Waals surface area (Å²) in [6.45, 7) is 28.7. The van der Waals surface area contributed by atoms with E-state index < -0.39 is 33.3 Å². The molecule has 0 unspecified atom stereocenters. The van der Waals surface area contributed by atoms with Crippen LogP contribution in [0, 0.1) is 0 Å². The van der Waals surface area contributed by atoms with Crippen LogP contribution >= 0.6 is 0 Å². The van der Waals surface area contributed by atoms with Crippen LogP contribution in [0.15, 0.2) is 12.7 Å². The summed E-state index contributed by atoms with van der Waals surface area (Å²) in [5.41, 5.74) is 0. The Balaban J connectivity index is -0.000000512. The summed E-state index contributed by atoms with van der Waals surface area (Å²) in [5.74, 6) is 0.0612. The highest BCUT2D eigenvalue weighted by molar-refractivity contribution is 6.85. The number of amides is 1. The SMILES string of the molecule is C.C.C.C.C.C=CC(=O)N(CCC[Si](C)(C)O[Si](C)(C)CCCC)CCC[Si](C)(C)O[Si](C)(C)CCCC. The molecule has 8 heteroatoms. The molecular weight excluding hydrogens is 535 g/mol. The fourth-order valence-electron chi connectivity index (χ4n) is 4.76. The van der Waals surface area contributed by atoms with Crippen LogP contribution in [-0.4, -0.2) is 57.2 Å². The van der Waals surface area contributed by atoms with Gasteiger partial charge < -0.3 is 13.1 Å². The molecule has 0 saturated heterocycles. The van der Waals surface area contributed by atoms with Crippen molar-refractivity contribution in [1.29, 1.82) is 0 Å². The van der Waals surface area contributed by atoms with Gasteiger partial charge in [0.15, 0.2) is 33.3 Å². The third kappa shape index (κ3) is 25.0. The second kappa shape index (κ2) is 23.7. The smallest absolute Gasteiger partial charge is 0.245 e. The van der Waals surface area contributed by atoms with Crippen molar-refractivity contribution < 1.29 is 13.0 Å². The zero-order valence-electron chi connectivity index (χ0n) is 23.9. The first kappa shape index (κ1) is 50.8. The molecule has 4 nitrogen and oxygen atoms in total. The van der Waals surface area contributed by atoms with Gasteiger partial charge in [0.05, 0.1) is 0 Å². The van der Waals surface area contributed by atoms with E-state index in [-0.39, 0.29) is 43.0 Å². The molecule has 1 amide bonds. The van der Waals surface area contributed by atoms with Gasteiger partial charge in [-0.05, 0) is 95.5 Å². The molecule has 0 saturated carbocycles. The highest BCUT2D eigenvalue weighted by Crippen LogP contribution is 2.26. The van der Waals surface area contributed by atoms with E-state index in [9.17, 15) is 4.79 Å². The second-order valence-electron chi connectivity index (χ2n) is 12.2. The number of unbranched alkanes of at least 4 members (excludes halogenated alkanes) is 2. The molecule has 0 spiro atoms. The van der Waals surface area contributed by atoms with E-state index in [0.29, 0.717) is 0 Å². The van der Waals surface area contributed by atoms with E-state index in [1.165, 1.54) is 43.8 Å². The maximum absolute atomic E-state index is 12.5. The predicted octanol–water partition coefficient (Wildman–Crippen LogP) is 11.4. The lowest BCUT2D eigenvalue weighted by atomic mass is 10.3. The lowest BCUT2D eigenvalue weighted by Crippen LogP contribution is -2.45. The third-order valence-corrected chi connectivity index (χ3v) is 21.3. The van der Waals surface area contributed by atoms with E-state index in [1.54, 1.807) is 0 Å². The first-order valence-corrected chi connectivity index (χ1v) is 25.9. The lowest BCUT2D eigenvalue weighted by Gasteiger charge is -2.35. The highest BCUT2D eigenvalue weighted by Gasteiger charge is 2.33. The molecule has 0 aromatic heterocycles. The second-order valence-corrected chi connectivity index (χ2v) is 29.9. The van der Waals surface area contributed by atoms with E-state index in [1.807, 2.05) is 4.90 Å². The van der Waals surface area contributed by atoms with Crippen molar-refractivity contribution in [3.63, 3.8) is 0 Å². The zero-order chi connectivity index (χ0) is 25.8. The molecule has 0 atom stereocenters. The van der Waals surface area contributed by atoms with Crippen LogP contribution in [0.1, 0.15) is 89.5 Å². The van der Waals surface area contributed by atoms with Crippen molar-refractivity contribution in [2.45, 2.75) is 166 Å². The number of hydrogen-bond donors (Lipinski definition) is 0. The van der Waals surface area contributed by atoms with Gasteiger partial charge in [-0.3, -0.25) is 4.79 Å². The van der Waals surface area contributed by atoms with Crippen molar-refractivity contribution >= 4 is 39.2 Å². The molecule has 0 aromatic rings. The highest BCUT2D eigenvalue weighted by atomic mass is 28.4. The quantitative estimate of drug-likeness (QED) is 0.108. The van der Waals surface area contributed by atoms with E-state index in [4.69, 9.17) is 8.23 Å².